The molecule has 0 aliphatic heterocycles. The zero-order valence-corrected chi connectivity index (χ0v) is 20.8. The lowest BCUT2D eigenvalue weighted by molar-refractivity contribution is -0.136. The second-order valence-corrected chi connectivity index (χ2v) is 9.55. The molecule has 0 aliphatic rings. The van der Waals surface area contributed by atoms with Crippen molar-refractivity contribution in [1.29, 1.82) is 0 Å². The Balaban J connectivity index is 1.43. The molecule has 0 aromatic heterocycles. The van der Waals surface area contributed by atoms with Gasteiger partial charge in [-0.05, 0) is 52.6 Å². The Kier molecular flexibility index (Phi) is 8.51. The van der Waals surface area contributed by atoms with Crippen LogP contribution in [0.2, 0.25) is 5.02 Å². The smallest absolute Gasteiger partial charge is 0.307 e. The predicted molar refractivity (Wildman–Crippen MR) is 141 cm³/mol. The summed E-state index contributed by atoms with van der Waals surface area (Å²) >= 11 is 4.38. The molecule has 1 unspecified atom stereocenters. The fourth-order valence-electron chi connectivity index (χ4n) is 3.73. The number of carboxylic acids is 1. The van der Waals surface area contributed by atoms with E-state index in [1.165, 1.54) is 4.31 Å². The van der Waals surface area contributed by atoms with Crippen LogP contribution in [0.15, 0.2) is 97.1 Å². The zero-order chi connectivity index (χ0) is 25.5. The lowest BCUT2D eigenvalue weighted by Gasteiger charge is -2.18. The molecule has 184 valence electrons. The topological polar surface area (TPSA) is 87.1 Å². The van der Waals surface area contributed by atoms with E-state index in [1.54, 1.807) is 30.3 Å². The van der Waals surface area contributed by atoms with Gasteiger partial charge in [-0.1, -0.05) is 78.3 Å². The Morgan fingerprint density at radius 1 is 0.806 bits per heavy atom. The highest BCUT2D eigenvalue weighted by atomic mass is 35.5. The summed E-state index contributed by atoms with van der Waals surface area (Å²) < 4.78 is 29.0. The van der Waals surface area contributed by atoms with E-state index < -0.39 is 17.2 Å². The lowest BCUT2D eigenvalue weighted by atomic mass is 10.0. The highest BCUT2D eigenvalue weighted by Crippen LogP contribution is 2.31. The summed E-state index contributed by atoms with van der Waals surface area (Å²) in [6, 6.07) is 29.7. The maximum atomic E-state index is 12.0. The summed E-state index contributed by atoms with van der Waals surface area (Å²) in [6.07, 6.45) is -0.0659. The minimum absolute atomic E-state index is 0.0659. The van der Waals surface area contributed by atoms with Gasteiger partial charge in [0.1, 0.15) is 11.5 Å². The average Bonchev–Trinajstić information content (AvgIpc) is 2.86. The van der Waals surface area contributed by atoms with E-state index in [9.17, 15) is 13.6 Å². The summed E-state index contributed by atoms with van der Waals surface area (Å²) in [5, 5.41) is 9.44. The van der Waals surface area contributed by atoms with Gasteiger partial charge in [-0.3, -0.25) is 9.35 Å². The zero-order valence-electron chi connectivity index (χ0n) is 19.2. The van der Waals surface area contributed by atoms with E-state index >= 15 is 0 Å². The van der Waals surface area contributed by atoms with Gasteiger partial charge in [0.05, 0.1) is 6.42 Å². The van der Waals surface area contributed by atoms with Gasteiger partial charge >= 0.3 is 5.97 Å². The molecule has 36 heavy (non-hydrogen) atoms. The third-order valence-corrected chi connectivity index (χ3v) is 6.51. The third kappa shape index (κ3) is 7.02. The van der Waals surface area contributed by atoms with Crippen LogP contribution in [-0.2, 0) is 35.6 Å². The number of nitrogens with zero attached hydrogens (tertiary/aromatic N) is 1. The normalized spacial score (nSPS) is 11.9. The van der Waals surface area contributed by atoms with Crippen molar-refractivity contribution in [1.82, 2.24) is 4.31 Å². The third-order valence-electron chi connectivity index (χ3n) is 5.49. The second kappa shape index (κ2) is 12.0. The van der Waals surface area contributed by atoms with Gasteiger partial charge < -0.3 is 9.84 Å². The van der Waals surface area contributed by atoms with Gasteiger partial charge in [0.25, 0.3) is 0 Å². The van der Waals surface area contributed by atoms with Gasteiger partial charge in [-0.25, -0.2) is 4.21 Å². The molecule has 4 aromatic carbocycles. The van der Waals surface area contributed by atoms with Crippen LogP contribution < -0.4 is 4.74 Å². The number of rotatable bonds is 10. The van der Waals surface area contributed by atoms with Crippen LogP contribution in [0.4, 0.5) is 0 Å². The highest BCUT2D eigenvalue weighted by molar-refractivity contribution is 7.76. The van der Waals surface area contributed by atoms with Gasteiger partial charge in [0.15, 0.2) is 0 Å². The second-order valence-electron chi connectivity index (χ2n) is 8.17. The van der Waals surface area contributed by atoms with E-state index in [4.69, 9.17) is 21.4 Å². The van der Waals surface area contributed by atoms with Crippen molar-refractivity contribution in [2.24, 2.45) is 0 Å². The first kappa shape index (κ1) is 25.6. The summed E-state index contributed by atoms with van der Waals surface area (Å²) in [7, 11) is 0. The van der Waals surface area contributed by atoms with Crippen LogP contribution in [-0.4, -0.2) is 24.1 Å². The first-order valence-corrected chi connectivity index (χ1v) is 12.6. The average molecular weight is 522 g/mol. The van der Waals surface area contributed by atoms with Crippen molar-refractivity contribution in [3.05, 3.63) is 119 Å². The minimum Gasteiger partial charge on any atom is -0.481 e. The number of ether oxygens (including phenoxy) is 1. The van der Waals surface area contributed by atoms with Gasteiger partial charge in [0, 0.05) is 23.7 Å². The molecule has 0 saturated carbocycles. The number of para-hydroxylation sites is 1. The Morgan fingerprint density at radius 3 is 2.00 bits per heavy atom. The molecule has 0 radical (unpaired) electrons. The molecular weight excluding hydrogens is 498 g/mol. The van der Waals surface area contributed by atoms with Crippen LogP contribution in [0.1, 0.15) is 16.7 Å². The number of halogens is 1. The Morgan fingerprint density at radius 2 is 1.39 bits per heavy atom. The van der Waals surface area contributed by atoms with E-state index in [0.29, 0.717) is 10.6 Å². The molecule has 6 nitrogen and oxygen atoms in total. The van der Waals surface area contributed by atoms with Gasteiger partial charge in [-0.15, -0.1) is 0 Å². The molecule has 0 amide bonds. The van der Waals surface area contributed by atoms with Gasteiger partial charge in [-0.2, -0.15) is 4.31 Å². The van der Waals surface area contributed by atoms with E-state index in [0.717, 1.165) is 33.8 Å². The summed E-state index contributed by atoms with van der Waals surface area (Å²) in [6.45, 7) is 0.433. The summed E-state index contributed by atoms with van der Waals surface area (Å²) in [5.74, 6) is 0.571. The van der Waals surface area contributed by atoms with Crippen molar-refractivity contribution in [2.45, 2.75) is 19.5 Å². The summed E-state index contributed by atoms with van der Waals surface area (Å²) in [4.78, 5) is 10.9. The van der Waals surface area contributed by atoms with Crippen LogP contribution in [0, 0.1) is 0 Å². The number of hydrogen-bond donors (Lipinski definition) is 2. The molecule has 0 spiro atoms. The molecule has 8 heteroatoms. The molecule has 4 aromatic rings. The fourth-order valence-corrected chi connectivity index (χ4v) is 4.56. The van der Waals surface area contributed by atoms with E-state index in [-0.39, 0.29) is 19.5 Å². The molecule has 0 fully saturated rings. The van der Waals surface area contributed by atoms with Crippen molar-refractivity contribution in [3.8, 4) is 22.6 Å². The summed E-state index contributed by atoms with van der Waals surface area (Å²) in [5.41, 5.74) is 4.03. The number of carboxylic acid groups (broad SMARTS) is 1. The Labute approximate surface area is 217 Å². The monoisotopic (exact) mass is 521 g/mol. The molecule has 4 rings (SSSR count). The quantitative estimate of drug-likeness (QED) is 0.231. The molecular formula is C28H24ClNO5S. The lowest BCUT2D eigenvalue weighted by Crippen LogP contribution is -2.24. The largest absolute Gasteiger partial charge is 0.481 e. The van der Waals surface area contributed by atoms with Crippen LogP contribution in [0.5, 0.6) is 11.5 Å². The number of carbonyl (C=O) groups is 1. The molecule has 1 atom stereocenters. The van der Waals surface area contributed by atoms with Crippen molar-refractivity contribution in [3.63, 3.8) is 0 Å². The maximum absolute atomic E-state index is 12.0. The van der Waals surface area contributed by atoms with Crippen molar-refractivity contribution < 1.29 is 23.4 Å². The van der Waals surface area contributed by atoms with Crippen molar-refractivity contribution in [2.75, 3.05) is 0 Å². The van der Waals surface area contributed by atoms with Crippen LogP contribution in [0.3, 0.4) is 0 Å². The molecule has 0 bridgehead atoms. The Hall–Kier alpha value is -3.49. The van der Waals surface area contributed by atoms with Crippen LogP contribution >= 0.6 is 11.6 Å². The van der Waals surface area contributed by atoms with Crippen LogP contribution in [0.25, 0.3) is 11.1 Å². The van der Waals surface area contributed by atoms with Crippen molar-refractivity contribution >= 4 is 28.8 Å². The maximum Gasteiger partial charge on any atom is 0.307 e. The number of hydrogen-bond acceptors (Lipinski definition) is 3. The SMILES string of the molecule is O=C(O)Cc1ccc(CN(Cc2ccc(-c3ccc(Oc4ccccc4)cc3)c(Cl)c2)S(=O)O)cc1. The standard InChI is InChI=1S/C28H24ClNO5S/c29-27-16-22(19-30(36(33)34)18-21-8-6-20(7-9-21)17-28(31)32)10-15-26(27)23-11-13-25(14-12-23)35-24-4-2-1-3-5-24/h1-16H,17-19H2,(H,31,32)(H,33,34). The minimum atomic E-state index is -2.20. The van der Waals surface area contributed by atoms with Gasteiger partial charge in [0.2, 0.25) is 11.3 Å². The molecule has 0 aliphatic carbocycles. The highest BCUT2D eigenvalue weighted by Gasteiger charge is 2.15. The predicted octanol–water partition coefficient (Wildman–Crippen LogP) is 6.57. The first-order valence-electron chi connectivity index (χ1n) is 11.1. The van der Waals surface area contributed by atoms with E-state index in [2.05, 4.69) is 0 Å². The Bertz CT molecular complexity index is 1340. The van der Waals surface area contributed by atoms with E-state index in [1.807, 2.05) is 66.7 Å². The number of aliphatic carboxylic acids is 1. The molecule has 0 heterocycles. The fraction of sp³-hybridized carbons (Fsp3) is 0.107. The molecule has 0 saturated heterocycles. The molecule has 2 N–H and O–H groups in total. The number of benzene rings is 4. The first-order chi connectivity index (χ1) is 17.4.